The number of carboxylic acid groups (broad SMARTS) is 1. The minimum absolute atomic E-state index is 0. The molecule has 0 unspecified atom stereocenters. The van der Waals surface area contributed by atoms with Gasteiger partial charge < -0.3 is 5.11 Å². The van der Waals surface area contributed by atoms with Gasteiger partial charge in [0.2, 0.25) is 0 Å². The number of aliphatic carboxylic acids is 1. The van der Waals surface area contributed by atoms with Gasteiger partial charge in [0.05, 0.1) is 0 Å². The van der Waals surface area contributed by atoms with E-state index in [0.29, 0.717) is 0 Å². The van der Waals surface area contributed by atoms with Crippen molar-refractivity contribution in [3.8, 4) is 0 Å². The molecule has 0 heterocycles. The van der Waals surface area contributed by atoms with E-state index in [4.69, 9.17) is 5.11 Å². The fourth-order valence-corrected chi connectivity index (χ4v) is 0. The first-order valence-electron chi connectivity index (χ1n) is 1.24. The van der Waals surface area contributed by atoms with Crippen LogP contribution in [0.5, 0.6) is 0 Å². The summed E-state index contributed by atoms with van der Waals surface area (Å²) in [6.45, 7) is 0. The molecular formula is C2H3BrCaF2O2. The van der Waals surface area contributed by atoms with Crippen molar-refractivity contribution in [2.45, 2.75) is 4.83 Å². The molecule has 0 saturated carbocycles. The van der Waals surface area contributed by atoms with Gasteiger partial charge in [-0.1, -0.05) is 0 Å². The van der Waals surface area contributed by atoms with Gasteiger partial charge in [0, 0.05) is 15.9 Å². The summed E-state index contributed by atoms with van der Waals surface area (Å²) in [4.78, 5) is 5.45. The van der Waals surface area contributed by atoms with Gasteiger partial charge in [0.15, 0.2) is 0 Å². The van der Waals surface area contributed by atoms with Crippen molar-refractivity contribution in [3.63, 3.8) is 0 Å². The number of hydrogen-bond acceptors (Lipinski definition) is 1. The summed E-state index contributed by atoms with van der Waals surface area (Å²) >= 11 is 1.61. The summed E-state index contributed by atoms with van der Waals surface area (Å²) in [5.74, 6) is -2.17. The molecule has 8 heavy (non-hydrogen) atoms. The van der Waals surface area contributed by atoms with E-state index in [1.807, 2.05) is 0 Å². The van der Waals surface area contributed by atoms with Crippen LogP contribution in [0.2, 0.25) is 0 Å². The first kappa shape index (κ1) is 11.8. The van der Waals surface area contributed by atoms with Crippen LogP contribution in [-0.4, -0.2) is 53.6 Å². The first-order chi connectivity index (χ1) is 2.94. The van der Waals surface area contributed by atoms with Crippen LogP contribution < -0.4 is 0 Å². The molecule has 6 heteroatoms. The van der Waals surface area contributed by atoms with Crippen LogP contribution in [0, 0.1) is 0 Å². The number of carboxylic acids is 1. The zero-order valence-electron chi connectivity index (χ0n) is 2.99. The van der Waals surface area contributed by atoms with E-state index in [1.54, 1.807) is 15.9 Å². The third-order valence-electron chi connectivity index (χ3n) is 0.243. The van der Waals surface area contributed by atoms with Gasteiger partial charge in [-0.25, -0.2) is 4.79 Å². The quantitative estimate of drug-likeness (QED) is 0.501. The summed E-state index contributed by atoms with van der Waals surface area (Å²) in [6, 6.07) is 0. The average Bonchev–Trinajstić information content (AvgIpc) is 1.31. The Morgan fingerprint density at radius 3 is 1.75 bits per heavy atom. The van der Waals surface area contributed by atoms with Crippen LogP contribution in [0.1, 0.15) is 0 Å². The summed E-state index contributed by atoms with van der Waals surface area (Å²) in [5, 5.41) is 7.45. The maximum absolute atomic E-state index is 11.2. The van der Waals surface area contributed by atoms with E-state index in [9.17, 15) is 13.6 Å². The van der Waals surface area contributed by atoms with E-state index in [-0.39, 0.29) is 37.7 Å². The van der Waals surface area contributed by atoms with Gasteiger partial charge in [0.1, 0.15) is 0 Å². The number of halogens is 3. The van der Waals surface area contributed by atoms with Crippen LogP contribution in [-0.2, 0) is 4.79 Å². The average molecular weight is 217 g/mol. The van der Waals surface area contributed by atoms with Crippen LogP contribution in [0.4, 0.5) is 8.78 Å². The Hall–Kier alpha value is 1.07. The molecule has 0 fully saturated rings. The summed E-state index contributed by atoms with van der Waals surface area (Å²) < 4.78 is 22.3. The predicted octanol–water partition coefficient (Wildman–Crippen LogP) is 0.142. The fourth-order valence-electron chi connectivity index (χ4n) is 0. The molecule has 1 N–H and O–H groups in total. The van der Waals surface area contributed by atoms with Gasteiger partial charge in [-0.3, -0.25) is 0 Å². The normalized spacial score (nSPS) is 9.88. The monoisotopic (exact) mass is 216 g/mol. The van der Waals surface area contributed by atoms with Crippen LogP contribution in [0.3, 0.4) is 0 Å². The first-order valence-corrected chi connectivity index (χ1v) is 2.04. The van der Waals surface area contributed by atoms with Gasteiger partial charge >= 0.3 is 48.5 Å². The molecule has 46 valence electrons. The van der Waals surface area contributed by atoms with Crippen LogP contribution in [0.15, 0.2) is 0 Å². The van der Waals surface area contributed by atoms with Crippen LogP contribution in [0.25, 0.3) is 0 Å². The summed E-state index contributed by atoms with van der Waals surface area (Å²) in [6.07, 6.45) is 0. The van der Waals surface area contributed by atoms with Crippen molar-refractivity contribution < 1.29 is 18.7 Å². The fraction of sp³-hybridized carbons (Fsp3) is 0.500. The molecule has 0 aromatic rings. The van der Waals surface area contributed by atoms with E-state index in [0.717, 1.165) is 0 Å². The number of carbonyl (C=O) groups is 1. The van der Waals surface area contributed by atoms with E-state index < -0.39 is 10.8 Å². The molecular weight excluding hydrogens is 214 g/mol. The van der Waals surface area contributed by atoms with E-state index >= 15 is 0 Å². The van der Waals surface area contributed by atoms with Gasteiger partial charge in [-0.05, 0) is 0 Å². The Morgan fingerprint density at radius 1 is 1.62 bits per heavy atom. The molecule has 0 aromatic heterocycles. The van der Waals surface area contributed by atoms with Gasteiger partial charge in [0.25, 0.3) is 0 Å². The maximum atomic E-state index is 11.2. The SMILES string of the molecule is O=C(O)C(F)(F)Br.[CaH2]. The Kier molecular flexibility index (Phi) is 5.88. The second-order valence-corrected chi connectivity index (χ2v) is 1.80. The third kappa shape index (κ3) is 5.21. The molecule has 0 aliphatic carbocycles. The Bertz CT molecular complexity index is 90.5. The molecule has 0 bridgehead atoms. The van der Waals surface area contributed by atoms with Crippen molar-refractivity contribution in [2.75, 3.05) is 0 Å². The topological polar surface area (TPSA) is 37.3 Å². The van der Waals surface area contributed by atoms with Gasteiger partial charge in [-0.15, -0.1) is 0 Å². The van der Waals surface area contributed by atoms with Gasteiger partial charge in [-0.2, -0.15) is 8.78 Å². The minimum atomic E-state index is -3.77. The third-order valence-corrected chi connectivity index (χ3v) is 0.582. The second-order valence-electron chi connectivity index (χ2n) is 0.803. The summed E-state index contributed by atoms with van der Waals surface area (Å²) in [5.41, 5.74) is 0. The van der Waals surface area contributed by atoms with E-state index in [1.165, 1.54) is 0 Å². The number of rotatable bonds is 1. The van der Waals surface area contributed by atoms with Crippen molar-refractivity contribution in [1.82, 2.24) is 0 Å². The number of hydrogen-bond donors (Lipinski definition) is 1. The van der Waals surface area contributed by atoms with Crippen molar-refractivity contribution in [2.24, 2.45) is 0 Å². The molecule has 0 rings (SSSR count). The molecule has 0 amide bonds. The molecule has 2 nitrogen and oxygen atoms in total. The zero-order chi connectivity index (χ0) is 6.08. The number of alkyl halides is 3. The second kappa shape index (κ2) is 3.98. The molecule has 0 aromatic carbocycles. The Morgan fingerprint density at radius 2 is 1.75 bits per heavy atom. The molecule has 0 aliphatic heterocycles. The molecule has 0 spiro atoms. The van der Waals surface area contributed by atoms with Crippen molar-refractivity contribution >= 4 is 59.6 Å². The molecule has 0 aliphatic rings. The Labute approximate surface area is 82.4 Å². The summed E-state index contributed by atoms with van der Waals surface area (Å²) in [7, 11) is 0. The molecule has 0 atom stereocenters. The standard InChI is InChI=1S/C2HBrF2O2.Ca.2H/c3-2(4,5)1(6)7;;;/h(H,6,7);;;. The van der Waals surface area contributed by atoms with Crippen LogP contribution >= 0.6 is 15.9 Å². The molecule has 0 radical (unpaired) electrons. The van der Waals surface area contributed by atoms with Crippen molar-refractivity contribution in [1.29, 1.82) is 0 Å². The zero-order valence-corrected chi connectivity index (χ0v) is 4.58. The molecule has 0 saturated heterocycles. The van der Waals surface area contributed by atoms with Crippen molar-refractivity contribution in [3.05, 3.63) is 0 Å². The van der Waals surface area contributed by atoms with E-state index in [2.05, 4.69) is 0 Å². The predicted molar refractivity (Wildman–Crippen MR) is 30.1 cm³/mol. The Balaban J connectivity index is 0.